The zero-order valence-corrected chi connectivity index (χ0v) is 11.1. The van der Waals surface area contributed by atoms with Crippen LogP contribution in [0.1, 0.15) is 39.0 Å². The molecule has 3 fully saturated rings. The van der Waals surface area contributed by atoms with E-state index in [1.807, 2.05) is 0 Å². The number of piperidine rings is 1. The molecule has 3 unspecified atom stereocenters. The first-order valence-corrected chi connectivity index (χ1v) is 8.12. The van der Waals surface area contributed by atoms with Crippen LogP contribution in [0, 0.1) is 0 Å². The standard InChI is InChI=1S/C13H24N2S/c1-2-15(12-5-6-16-9-12)13-7-10-3-4-11(8-13)14-10/h10-14H,2-9H2,1H3. The smallest absolute Gasteiger partial charge is 0.0197 e. The number of hydrogen-bond donors (Lipinski definition) is 1. The largest absolute Gasteiger partial charge is 0.311 e. The van der Waals surface area contributed by atoms with Crippen molar-refractivity contribution in [3.8, 4) is 0 Å². The molecule has 1 N–H and O–H groups in total. The number of fused-ring (bicyclic) bond motifs is 2. The summed E-state index contributed by atoms with van der Waals surface area (Å²) < 4.78 is 0. The molecule has 0 radical (unpaired) electrons. The van der Waals surface area contributed by atoms with Gasteiger partial charge in [0.1, 0.15) is 0 Å². The summed E-state index contributed by atoms with van der Waals surface area (Å²) in [5.74, 6) is 2.77. The number of rotatable bonds is 3. The van der Waals surface area contributed by atoms with Gasteiger partial charge in [0.2, 0.25) is 0 Å². The molecule has 0 aromatic rings. The van der Waals surface area contributed by atoms with Crippen LogP contribution >= 0.6 is 11.8 Å². The summed E-state index contributed by atoms with van der Waals surface area (Å²) in [5, 5.41) is 3.76. The van der Waals surface area contributed by atoms with Gasteiger partial charge in [0, 0.05) is 29.9 Å². The molecule has 2 nitrogen and oxygen atoms in total. The van der Waals surface area contributed by atoms with Crippen LogP contribution in [0.4, 0.5) is 0 Å². The summed E-state index contributed by atoms with van der Waals surface area (Å²) in [4.78, 5) is 2.83. The number of nitrogens with zero attached hydrogens (tertiary/aromatic N) is 1. The van der Waals surface area contributed by atoms with Crippen LogP contribution in [0.15, 0.2) is 0 Å². The summed E-state index contributed by atoms with van der Waals surface area (Å²) in [7, 11) is 0. The fourth-order valence-electron chi connectivity index (χ4n) is 3.90. The van der Waals surface area contributed by atoms with Crippen LogP contribution in [0.25, 0.3) is 0 Å². The highest BCUT2D eigenvalue weighted by molar-refractivity contribution is 7.99. The maximum atomic E-state index is 3.76. The summed E-state index contributed by atoms with van der Waals surface area (Å²) in [6.45, 7) is 3.61. The van der Waals surface area contributed by atoms with E-state index in [-0.39, 0.29) is 0 Å². The van der Waals surface area contributed by atoms with Gasteiger partial charge in [0.15, 0.2) is 0 Å². The van der Waals surface area contributed by atoms with Crippen LogP contribution in [-0.4, -0.2) is 47.1 Å². The molecule has 0 amide bonds. The first-order valence-electron chi connectivity index (χ1n) is 6.96. The molecule has 0 aromatic heterocycles. The molecule has 0 aliphatic carbocycles. The third kappa shape index (κ3) is 2.14. The fraction of sp³-hybridized carbons (Fsp3) is 1.00. The molecule has 16 heavy (non-hydrogen) atoms. The lowest BCUT2D eigenvalue weighted by Crippen LogP contribution is -2.51. The third-order valence-corrected chi connectivity index (χ3v) is 5.80. The second-order valence-corrected chi connectivity index (χ2v) is 6.76. The minimum Gasteiger partial charge on any atom is -0.311 e. The zero-order chi connectivity index (χ0) is 11.0. The Balaban J connectivity index is 1.65. The van der Waals surface area contributed by atoms with Crippen molar-refractivity contribution >= 4 is 11.8 Å². The minimum atomic E-state index is 0.840. The lowest BCUT2D eigenvalue weighted by molar-refractivity contribution is 0.111. The molecule has 3 saturated heterocycles. The fourth-order valence-corrected chi connectivity index (χ4v) is 5.13. The van der Waals surface area contributed by atoms with Gasteiger partial charge in [-0.2, -0.15) is 11.8 Å². The zero-order valence-electron chi connectivity index (χ0n) is 10.3. The highest BCUT2D eigenvalue weighted by Crippen LogP contribution is 2.33. The second-order valence-electron chi connectivity index (χ2n) is 5.61. The van der Waals surface area contributed by atoms with Gasteiger partial charge in [-0.1, -0.05) is 6.92 Å². The molecule has 0 spiro atoms. The number of hydrogen-bond acceptors (Lipinski definition) is 3. The highest BCUT2D eigenvalue weighted by Gasteiger charge is 2.38. The predicted octanol–water partition coefficient (Wildman–Crippen LogP) is 2.10. The molecular formula is C13H24N2S. The summed E-state index contributed by atoms with van der Waals surface area (Å²) in [6, 6.07) is 3.45. The average Bonchev–Trinajstić information content (AvgIpc) is 2.90. The second kappa shape index (κ2) is 4.87. The van der Waals surface area contributed by atoms with E-state index in [0.29, 0.717) is 0 Å². The van der Waals surface area contributed by atoms with E-state index in [0.717, 1.165) is 24.2 Å². The Morgan fingerprint density at radius 2 is 1.88 bits per heavy atom. The molecule has 2 bridgehead atoms. The van der Waals surface area contributed by atoms with Crippen molar-refractivity contribution < 1.29 is 0 Å². The van der Waals surface area contributed by atoms with E-state index in [1.165, 1.54) is 50.2 Å². The van der Waals surface area contributed by atoms with Gasteiger partial charge in [0.25, 0.3) is 0 Å². The van der Waals surface area contributed by atoms with Gasteiger partial charge in [-0.15, -0.1) is 0 Å². The van der Waals surface area contributed by atoms with Crippen LogP contribution < -0.4 is 5.32 Å². The van der Waals surface area contributed by atoms with Crippen molar-refractivity contribution in [1.82, 2.24) is 10.2 Å². The van der Waals surface area contributed by atoms with E-state index in [9.17, 15) is 0 Å². The molecule has 3 heterocycles. The van der Waals surface area contributed by atoms with E-state index in [2.05, 4.69) is 28.9 Å². The van der Waals surface area contributed by atoms with Gasteiger partial charge in [-0.25, -0.2) is 0 Å². The van der Waals surface area contributed by atoms with E-state index in [1.54, 1.807) is 0 Å². The SMILES string of the molecule is CCN(C1CCSC1)C1CC2CCC(C1)N2. The maximum Gasteiger partial charge on any atom is 0.0197 e. The number of nitrogens with one attached hydrogen (secondary N) is 1. The van der Waals surface area contributed by atoms with Gasteiger partial charge in [-0.05, 0) is 44.4 Å². The van der Waals surface area contributed by atoms with Crippen LogP contribution in [0.5, 0.6) is 0 Å². The van der Waals surface area contributed by atoms with Gasteiger partial charge in [0.05, 0.1) is 0 Å². The molecule has 3 rings (SSSR count). The van der Waals surface area contributed by atoms with E-state index in [4.69, 9.17) is 0 Å². The van der Waals surface area contributed by atoms with Crippen LogP contribution in [-0.2, 0) is 0 Å². The molecule has 92 valence electrons. The summed E-state index contributed by atoms with van der Waals surface area (Å²) >= 11 is 2.15. The van der Waals surface area contributed by atoms with Crippen molar-refractivity contribution in [3.05, 3.63) is 0 Å². The molecule has 3 heteroatoms. The topological polar surface area (TPSA) is 15.3 Å². The van der Waals surface area contributed by atoms with Gasteiger partial charge >= 0.3 is 0 Å². The lowest BCUT2D eigenvalue weighted by Gasteiger charge is -2.40. The number of thioether (sulfide) groups is 1. The normalized spacial score (nSPS) is 43.1. The Morgan fingerprint density at radius 1 is 1.12 bits per heavy atom. The van der Waals surface area contributed by atoms with Crippen molar-refractivity contribution in [1.29, 1.82) is 0 Å². The summed E-state index contributed by atoms with van der Waals surface area (Å²) in [5.41, 5.74) is 0. The Morgan fingerprint density at radius 3 is 2.44 bits per heavy atom. The Bertz CT molecular complexity index is 228. The molecular weight excluding hydrogens is 216 g/mol. The predicted molar refractivity (Wildman–Crippen MR) is 71.1 cm³/mol. The van der Waals surface area contributed by atoms with E-state index >= 15 is 0 Å². The maximum absolute atomic E-state index is 3.76. The Hall–Kier alpha value is 0.270. The first kappa shape index (κ1) is 11.4. The molecule has 3 aliphatic rings. The van der Waals surface area contributed by atoms with Crippen molar-refractivity contribution in [3.63, 3.8) is 0 Å². The first-order chi connectivity index (χ1) is 7.86. The summed E-state index contributed by atoms with van der Waals surface area (Å²) in [6.07, 6.45) is 7.10. The molecule has 0 aromatic carbocycles. The molecule has 3 aliphatic heterocycles. The van der Waals surface area contributed by atoms with E-state index < -0.39 is 0 Å². The lowest BCUT2D eigenvalue weighted by atomic mass is 9.96. The Kier molecular flexibility index (Phi) is 3.46. The third-order valence-electron chi connectivity index (χ3n) is 4.66. The molecule has 0 saturated carbocycles. The van der Waals surface area contributed by atoms with Crippen molar-refractivity contribution in [2.75, 3.05) is 18.1 Å². The monoisotopic (exact) mass is 240 g/mol. The highest BCUT2D eigenvalue weighted by atomic mass is 32.2. The van der Waals surface area contributed by atoms with Gasteiger partial charge < -0.3 is 5.32 Å². The van der Waals surface area contributed by atoms with Crippen molar-refractivity contribution in [2.24, 2.45) is 0 Å². The quantitative estimate of drug-likeness (QED) is 0.813. The molecule has 3 atom stereocenters. The Labute approximate surface area is 104 Å². The van der Waals surface area contributed by atoms with Crippen LogP contribution in [0.3, 0.4) is 0 Å². The minimum absolute atomic E-state index is 0.840. The van der Waals surface area contributed by atoms with Crippen LogP contribution in [0.2, 0.25) is 0 Å². The van der Waals surface area contributed by atoms with Crippen molar-refractivity contribution in [2.45, 2.75) is 63.2 Å². The van der Waals surface area contributed by atoms with Gasteiger partial charge in [-0.3, -0.25) is 4.90 Å². The average molecular weight is 240 g/mol.